The maximum atomic E-state index is 11.9. The molecule has 0 unspecified atom stereocenters. The first-order valence-corrected chi connectivity index (χ1v) is 6.82. The number of amides is 1. The summed E-state index contributed by atoms with van der Waals surface area (Å²) in [4.78, 5) is 11.9. The van der Waals surface area contributed by atoms with Crippen LogP contribution in [0.5, 0.6) is 5.75 Å². The third-order valence-corrected chi connectivity index (χ3v) is 3.32. The fourth-order valence-corrected chi connectivity index (χ4v) is 2.08. The largest absolute Gasteiger partial charge is 0.483 e. The molecule has 0 radical (unpaired) electrons. The van der Waals surface area contributed by atoms with Crippen molar-refractivity contribution in [1.29, 1.82) is 0 Å². The average molecular weight is 284 g/mol. The predicted molar refractivity (Wildman–Crippen MR) is 85.6 cm³/mol. The van der Waals surface area contributed by atoms with Crippen molar-refractivity contribution in [1.82, 2.24) is 0 Å². The highest BCUT2D eigenvalue weighted by atomic mass is 16.5. The zero-order valence-electron chi connectivity index (χ0n) is 12.6. The zero-order valence-corrected chi connectivity index (χ0v) is 12.6. The highest BCUT2D eigenvalue weighted by Gasteiger charge is 2.08. The van der Waals surface area contributed by atoms with Crippen molar-refractivity contribution in [2.45, 2.75) is 20.8 Å². The van der Waals surface area contributed by atoms with E-state index in [2.05, 4.69) is 5.32 Å². The van der Waals surface area contributed by atoms with E-state index in [9.17, 15) is 4.79 Å². The first kappa shape index (κ1) is 14.9. The second kappa shape index (κ2) is 6.31. The third kappa shape index (κ3) is 3.75. The lowest BCUT2D eigenvalue weighted by molar-refractivity contribution is -0.118. The molecule has 3 N–H and O–H groups in total. The van der Waals surface area contributed by atoms with Gasteiger partial charge in [-0.25, -0.2) is 0 Å². The Morgan fingerprint density at radius 1 is 1.10 bits per heavy atom. The van der Waals surface area contributed by atoms with Crippen molar-refractivity contribution in [3.8, 4) is 5.75 Å². The quantitative estimate of drug-likeness (QED) is 0.847. The van der Waals surface area contributed by atoms with Crippen molar-refractivity contribution in [2.24, 2.45) is 0 Å². The lowest BCUT2D eigenvalue weighted by atomic mass is 10.1. The van der Waals surface area contributed by atoms with E-state index < -0.39 is 0 Å². The number of hydrogen-bond donors (Lipinski definition) is 2. The second-order valence-electron chi connectivity index (χ2n) is 5.13. The predicted octanol–water partition coefficient (Wildman–Crippen LogP) is 3.21. The van der Waals surface area contributed by atoms with Gasteiger partial charge in [-0.1, -0.05) is 24.3 Å². The molecule has 0 aliphatic heterocycles. The lowest BCUT2D eigenvalue weighted by Gasteiger charge is -2.12. The average Bonchev–Trinajstić information content (AvgIpc) is 2.42. The van der Waals surface area contributed by atoms with E-state index in [-0.39, 0.29) is 12.5 Å². The molecule has 0 bridgehead atoms. The Hall–Kier alpha value is -2.49. The summed E-state index contributed by atoms with van der Waals surface area (Å²) in [6, 6.07) is 11.3. The van der Waals surface area contributed by atoms with E-state index >= 15 is 0 Å². The molecule has 0 saturated heterocycles. The number of nitrogen functional groups attached to an aromatic ring is 1. The number of carbonyl (C=O) groups excluding carboxylic acids is 1. The van der Waals surface area contributed by atoms with E-state index in [1.807, 2.05) is 51.1 Å². The summed E-state index contributed by atoms with van der Waals surface area (Å²) in [5, 5.41) is 2.78. The second-order valence-corrected chi connectivity index (χ2v) is 5.13. The van der Waals surface area contributed by atoms with Gasteiger partial charge in [0.2, 0.25) is 0 Å². The minimum Gasteiger partial charge on any atom is -0.483 e. The van der Waals surface area contributed by atoms with E-state index in [1.54, 1.807) is 6.07 Å². The topological polar surface area (TPSA) is 64.3 Å². The van der Waals surface area contributed by atoms with Crippen LogP contribution in [0.2, 0.25) is 0 Å². The fourth-order valence-electron chi connectivity index (χ4n) is 2.08. The minimum absolute atomic E-state index is 0.0283. The molecule has 4 heteroatoms. The van der Waals surface area contributed by atoms with Gasteiger partial charge in [0, 0.05) is 11.4 Å². The fraction of sp³-hybridized carbons (Fsp3) is 0.235. The first-order valence-electron chi connectivity index (χ1n) is 6.82. The first-order chi connectivity index (χ1) is 9.97. The molecule has 0 aromatic heterocycles. The van der Waals surface area contributed by atoms with Gasteiger partial charge in [0.1, 0.15) is 5.75 Å². The molecule has 110 valence electrons. The van der Waals surface area contributed by atoms with Gasteiger partial charge < -0.3 is 15.8 Å². The normalized spacial score (nSPS) is 10.2. The Bertz CT molecular complexity index is 646. The van der Waals surface area contributed by atoms with Gasteiger partial charge in [0.05, 0.1) is 0 Å². The van der Waals surface area contributed by atoms with Crippen molar-refractivity contribution in [3.63, 3.8) is 0 Å². The van der Waals surface area contributed by atoms with Gasteiger partial charge in [-0.3, -0.25) is 4.79 Å². The van der Waals surface area contributed by atoms with Crippen molar-refractivity contribution < 1.29 is 9.53 Å². The molecule has 0 saturated carbocycles. The molecule has 0 fully saturated rings. The van der Waals surface area contributed by atoms with E-state index in [4.69, 9.17) is 10.5 Å². The summed E-state index contributed by atoms with van der Waals surface area (Å²) in [7, 11) is 0. The maximum Gasteiger partial charge on any atom is 0.262 e. The SMILES string of the molecule is Cc1ccc(NC(=O)COc2c(C)cccc2C)cc1N. The molecule has 0 heterocycles. The van der Waals surface area contributed by atoms with E-state index in [1.165, 1.54) is 0 Å². The van der Waals surface area contributed by atoms with Crippen LogP contribution in [-0.4, -0.2) is 12.5 Å². The number of nitrogens with two attached hydrogens (primary N) is 1. The zero-order chi connectivity index (χ0) is 15.4. The number of anilines is 2. The van der Waals surface area contributed by atoms with E-state index in [0.717, 1.165) is 22.4 Å². The van der Waals surface area contributed by atoms with Gasteiger partial charge in [-0.15, -0.1) is 0 Å². The Morgan fingerprint density at radius 3 is 2.38 bits per heavy atom. The summed E-state index contributed by atoms with van der Waals surface area (Å²) < 4.78 is 5.61. The number of nitrogens with one attached hydrogen (secondary N) is 1. The van der Waals surface area contributed by atoms with Crippen LogP contribution in [0.25, 0.3) is 0 Å². The maximum absolute atomic E-state index is 11.9. The number of aryl methyl sites for hydroxylation is 3. The van der Waals surface area contributed by atoms with Crippen LogP contribution >= 0.6 is 0 Å². The molecule has 2 aromatic rings. The molecular formula is C17H20N2O2. The molecule has 0 spiro atoms. The third-order valence-electron chi connectivity index (χ3n) is 3.32. The standard InChI is InChI=1S/C17H20N2O2/c1-11-7-8-14(9-15(11)18)19-16(20)10-21-17-12(2)5-4-6-13(17)3/h4-9H,10,18H2,1-3H3,(H,19,20). The highest BCUT2D eigenvalue weighted by Crippen LogP contribution is 2.22. The van der Waals surface area contributed by atoms with Crippen LogP contribution in [0.4, 0.5) is 11.4 Å². The van der Waals surface area contributed by atoms with Gasteiger partial charge in [-0.2, -0.15) is 0 Å². The van der Waals surface area contributed by atoms with Gasteiger partial charge in [0.25, 0.3) is 5.91 Å². The molecule has 2 rings (SSSR count). The molecule has 4 nitrogen and oxygen atoms in total. The molecule has 0 atom stereocenters. The van der Waals surface area contributed by atoms with Crippen LogP contribution in [-0.2, 0) is 4.79 Å². The molecule has 21 heavy (non-hydrogen) atoms. The lowest BCUT2D eigenvalue weighted by Crippen LogP contribution is -2.20. The number of benzene rings is 2. The Labute approximate surface area is 124 Å². The summed E-state index contributed by atoms with van der Waals surface area (Å²) in [5.74, 6) is 0.553. The molecule has 0 aliphatic carbocycles. The number of hydrogen-bond acceptors (Lipinski definition) is 3. The summed E-state index contributed by atoms with van der Waals surface area (Å²) in [5.41, 5.74) is 10.2. The van der Waals surface area contributed by atoms with E-state index in [0.29, 0.717) is 11.4 Å². The monoisotopic (exact) mass is 284 g/mol. The number of ether oxygens (including phenoxy) is 1. The van der Waals surface area contributed by atoms with Crippen molar-refractivity contribution >= 4 is 17.3 Å². The number of rotatable bonds is 4. The van der Waals surface area contributed by atoms with Gasteiger partial charge in [0.15, 0.2) is 6.61 Å². The Kier molecular flexibility index (Phi) is 4.48. The molecule has 1 amide bonds. The van der Waals surface area contributed by atoms with Crippen LogP contribution in [0.3, 0.4) is 0 Å². The summed E-state index contributed by atoms with van der Waals surface area (Å²) >= 11 is 0. The number of para-hydroxylation sites is 1. The summed E-state index contributed by atoms with van der Waals surface area (Å²) in [6.45, 7) is 5.81. The Morgan fingerprint density at radius 2 is 1.76 bits per heavy atom. The molecule has 2 aromatic carbocycles. The summed E-state index contributed by atoms with van der Waals surface area (Å²) in [6.07, 6.45) is 0. The molecular weight excluding hydrogens is 264 g/mol. The van der Waals surface area contributed by atoms with Crippen molar-refractivity contribution in [2.75, 3.05) is 17.7 Å². The van der Waals surface area contributed by atoms with Crippen LogP contribution in [0, 0.1) is 20.8 Å². The molecule has 0 aliphatic rings. The number of carbonyl (C=O) groups is 1. The van der Waals surface area contributed by atoms with Crippen LogP contribution < -0.4 is 15.8 Å². The van der Waals surface area contributed by atoms with Crippen molar-refractivity contribution in [3.05, 3.63) is 53.1 Å². The van der Waals surface area contributed by atoms with Crippen LogP contribution in [0.15, 0.2) is 36.4 Å². The van der Waals surface area contributed by atoms with Crippen LogP contribution in [0.1, 0.15) is 16.7 Å². The Balaban J connectivity index is 1.97. The minimum atomic E-state index is -0.207. The highest BCUT2D eigenvalue weighted by molar-refractivity contribution is 5.92. The van der Waals surface area contributed by atoms with Gasteiger partial charge >= 0.3 is 0 Å². The smallest absolute Gasteiger partial charge is 0.262 e. The van der Waals surface area contributed by atoms with Gasteiger partial charge in [-0.05, 0) is 49.6 Å².